The lowest BCUT2D eigenvalue weighted by Gasteiger charge is -2.05. The van der Waals surface area contributed by atoms with Crippen LogP contribution in [0.15, 0.2) is 53.0 Å². The molecule has 1 amide bonds. The summed E-state index contributed by atoms with van der Waals surface area (Å²) < 4.78 is 6.61. The van der Waals surface area contributed by atoms with Gasteiger partial charge in [0.1, 0.15) is 4.88 Å². The zero-order valence-electron chi connectivity index (χ0n) is 12.1. The molecule has 0 aliphatic carbocycles. The molecule has 6 heteroatoms. The molecule has 4 nitrogen and oxygen atoms in total. The van der Waals surface area contributed by atoms with Crippen LogP contribution in [0.3, 0.4) is 0 Å². The summed E-state index contributed by atoms with van der Waals surface area (Å²) in [4.78, 5) is 24.3. The van der Waals surface area contributed by atoms with Crippen LogP contribution in [0, 0.1) is 0 Å². The standard InChI is InChI=1S/C17H12BrNO3S/c1-22-17(21)15-9-11-8-13(6-7-14(11)23-15)19-16(20)10-2-4-12(18)5-3-10/h2-9H,1H3,(H,19,20). The summed E-state index contributed by atoms with van der Waals surface area (Å²) in [5, 5.41) is 3.75. The maximum absolute atomic E-state index is 12.2. The van der Waals surface area contributed by atoms with Crippen molar-refractivity contribution >= 4 is 54.9 Å². The smallest absolute Gasteiger partial charge is 0.348 e. The number of hydrogen-bond donors (Lipinski definition) is 1. The Morgan fingerprint density at radius 2 is 1.83 bits per heavy atom. The molecular formula is C17H12BrNO3S. The fourth-order valence-corrected chi connectivity index (χ4v) is 3.35. The Hall–Kier alpha value is -2.18. The minimum atomic E-state index is -0.355. The number of methoxy groups -OCH3 is 1. The van der Waals surface area contributed by atoms with Crippen molar-refractivity contribution in [3.05, 3.63) is 63.4 Å². The molecule has 1 N–H and O–H groups in total. The summed E-state index contributed by atoms with van der Waals surface area (Å²) in [6.45, 7) is 0. The molecule has 0 bridgehead atoms. The Balaban J connectivity index is 1.84. The highest BCUT2D eigenvalue weighted by Crippen LogP contribution is 2.28. The van der Waals surface area contributed by atoms with Gasteiger partial charge in [0.05, 0.1) is 7.11 Å². The quantitative estimate of drug-likeness (QED) is 0.660. The molecule has 2 aromatic carbocycles. The van der Waals surface area contributed by atoms with E-state index < -0.39 is 0 Å². The van der Waals surface area contributed by atoms with Crippen molar-refractivity contribution in [2.45, 2.75) is 0 Å². The number of fused-ring (bicyclic) bond motifs is 1. The van der Waals surface area contributed by atoms with E-state index in [1.807, 2.05) is 30.3 Å². The fourth-order valence-electron chi connectivity index (χ4n) is 2.13. The highest BCUT2D eigenvalue weighted by molar-refractivity contribution is 9.10. The molecule has 0 saturated carbocycles. The fraction of sp³-hybridized carbons (Fsp3) is 0.0588. The molecule has 0 aliphatic rings. The van der Waals surface area contributed by atoms with Gasteiger partial charge in [0.2, 0.25) is 0 Å². The highest BCUT2D eigenvalue weighted by atomic mass is 79.9. The average molecular weight is 390 g/mol. The van der Waals surface area contributed by atoms with Gasteiger partial charge >= 0.3 is 5.97 Å². The van der Waals surface area contributed by atoms with Crippen molar-refractivity contribution in [2.24, 2.45) is 0 Å². The zero-order chi connectivity index (χ0) is 16.4. The van der Waals surface area contributed by atoms with Crippen molar-refractivity contribution in [3.63, 3.8) is 0 Å². The summed E-state index contributed by atoms with van der Waals surface area (Å²) in [7, 11) is 1.36. The number of rotatable bonds is 3. The molecule has 0 saturated heterocycles. The van der Waals surface area contributed by atoms with Crippen molar-refractivity contribution < 1.29 is 14.3 Å². The van der Waals surface area contributed by atoms with Crippen LogP contribution in [0.4, 0.5) is 5.69 Å². The maximum Gasteiger partial charge on any atom is 0.348 e. The number of thiophene rings is 1. The average Bonchev–Trinajstić information content (AvgIpc) is 2.98. The minimum absolute atomic E-state index is 0.180. The Morgan fingerprint density at radius 3 is 2.52 bits per heavy atom. The van der Waals surface area contributed by atoms with Crippen molar-refractivity contribution in [1.82, 2.24) is 0 Å². The van der Waals surface area contributed by atoms with Crippen LogP contribution in [0.1, 0.15) is 20.0 Å². The van der Waals surface area contributed by atoms with Gasteiger partial charge in [-0.3, -0.25) is 4.79 Å². The third kappa shape index (κ3) is 3.43. The summed E-state index contributed by atoms with van der Waals surface area (Å²) in [5.41, 5.74) is 1.26. The lowest BCUT2D eigenvalue weighted by molar-refractivity contribution is 0.0606. The number of carbonyl (C=O) groups is 2. The molecule has 0 spiro atoms. The van der Waals surface area contributed by atoms with Crippen LogP contribution in [0.2, 0.25) is 0 Å². The first-order valence-corrected chi connectivity index (χ1v) is 8.36. The Morgan fingerprint density at radius 1 is 1.09 bits per heavy atom. The topological polar surface area (TPSA) is 55.4 Å². The first-order chi connectivity index (χ1) is 11.1. The van der Waals surface area contributed by atoms with Gasteiger partial charge in [-0.25, -0.2) is 4.79 Å². The molecule has 0 radical (unpaired) electrons. The van der Waals surface area contributed by atoms with Crippen molar-refractivity contribution in [1.29, 1.82) is 0 Å². The van der Waals surface area contributed by atoms with E-state index in [-0.39, 0.29) is 11.9 Å². The lowest BCUT2D eigenvalue weighted by Crippen LogP contribution is -2.11. The van der Waals surface area contributed by atoms with Gasteiger partial charge in [0.25, 0.3) is 5.91 Å². The van der Waals surface area contributed by atoms with E-state index in [1.165, 1.54) is 18.4 Å². The highest BCUT2D eigenvalue weighted by Gasteiger charge is 2.11. The van der Waals surface area contributed by atoms with Gasteiger partial charge in [0.15, 0.2) is 0 Å². The van der Waals surface area contributed by atoms with Gasteiger partial charge < -0.3 is 10.1 Å². The molecule has 1 aromatic heterocycles. The largest absolute Gasteiger partial charge is 0.465 e. The first kappa shape index (κ1) is 15.7. The second-order valence-electron chi connectivity index (χ2n) is 4.82. The molecule has 3 rings (SSSR count). The van der Waals surface area contributed by atoms with Crippen LogP contribution >= 0.6 is 27.3 Å². The van der Waals surface area contributed by atoms with E-state index in [4.69, 9.17) is 4.74 Å². The Kier molecular flexibility index (Phi) is 4.45. The molecule has 0 aliphatic heterocycles. The summed E-state index contributed by atoms with van der Waals surface area (Å²) in [5.74, 6) is -0.535. The summed E-state index contributed by atoms with van der Waals surface area (Å²) >= 11 is 4.70. The number of amides is 1. The van der Waals surface area contributed by atoms with E-state index in [0.717, 1.165) is 14.6 Å². The molecular weight excluding hydrogens is 378 g/mol. The second kappa shape index (κ2) is 6.52. The molecule has 23 heavy (non-hydrogen) atoms. The third-order valence-electron chi connectivity index (χ3n) is 3.27. The summed E-state index contributed by atoms with van der Waals surface area (Å²) in [6.07, 6.45) is 0. The van der Waals surface area contributed by atoms with Gasteiger partial charge in [0, 0.05) is 20.4 Å². The van der Waals surface area contributed by atoms with Crippen LogP contribution in [0.5, 0.6) is 0 Å². The molecule has 1 heterocycles. The van der Waals surface area contributed by atoms with Gasteiger partial charge in [-0.05, 0) is 53.9 Å². The van der Waals surface area contributed by atoms with Crippen LogP contribution < -0.4 is 5.32 Å². The second-order valence-corrected chi connectivity index (χ2v) is 6.82. The number of hydrogen-bond acceptors (Lipinski definition) is 4. The number of nitrogens with one attached hydrogen (secondary N) is 1. The van der Waals surface area contributed by atoms with Crippen molar-refractivity contribution in [3.8, 4) is 0 Å². The minimum Gasteiger partial charge on any atom is -0.465 e. The number of halogens is 1. The lowest BCUT2D eigenvalue weighted by atomic mass is 10.2. The normalized spacial score (nSPS) is 10.5. The van der Waals surface area contributed by atoms with Crippen LogP contribution in [0.25, 0.3) is 10.1 Å². The van der Waals surface area contributed by atoms with Gasteiger partial charge in [-0.2, -0.15) is 0 Å². The molecule has 3 aromatic rings. The number of ether oxygens (including phenoxy) is 1. The number of benzene rings is 2. The van der Waals surface area contributed by atoms with Gasteiger partial charge in [-0.1, -0.05) is 15.9 Å². The van der Waals surface area contributed by atoms with E-state index in [9.17, 15) is 9.59 Å². The van der Waals surface area contributed by atoms with E-state index in [1.54, 1.807) is 18.2 Å². The zero-order valence-corrected chi connectivity index (χ0v) is 14.5. The predicted octanol–water partition coefficient (Wildman–Crippen LogP) is 4.70. The molecule has 0 fully saturated rings. The SMILES string of the molecule is COC(=O)c1cc2cc(NC(=O)c3ccc(Br)cc3)ccc2s1. The molecule has 116 valence electrons. The number of anilines is 1. The van der Waals surface area contributed by atoms with E-state index in [2.05, 4.69) is 21.2 Å². The van der Waals surface area contributed by atoms with Crippen molar-refractivity contribution in [2.75, 3.05) is 12.4 Å². The first-order valence-electron chi connectivity index (χ1n) is 6.75. The number of carbonyl (C=O) groups excluding carboxylic acids is 2. The third-order valence-corrected chi connectivity index (χ3v) is 4.89. The monoisotopic (exact) mass is 389 g/mol. The van der Waals surface area contributed by atoms with Crippen LogP contribution in [-0.4, -0.2) is 19.0 Å². The summed E-state index contributed by atoms with van der Waals surface area (Å²) in [6, 6.07) is 14.4. The van der Waals surface area contributed by atoms with Crippen LogP contribution in [-0.2, 0) is 4.74 Å². The molecule has 0 atom stereocenters. The van der Waals surface area contributed by atoms with Gasteiger partial charge in [-0.15, -0.1) is 11.3 Å². The number of esters is 1. The maximum atomic E-state index is 12.2. The van der Waals surface area contributed by atoms with E-state index in [0.29, 0.717) is 16.1 Å². The Labute approximate surface area is 145 Å². The van der Waals surface area contributed by atoms with E-state index >= 15 is 0 Å². The molecule has 0 unspecified atom stereocenters. The predicted molar refractivity (Wildman–Crippen MR) is 95.3 cm³/mol. The Bertz CT molecular complexity index is 886.